The molecule has 0 unspecified atom stereocenters. The number of ether oxygens (including phenoxy) is 1. The molecule has 3 rings (SSSR count). The fourth-order valence-corrected chi connectivity index (χ4v) is 12.2. The van der Waals surface area contributed by atoms with E-state index in [4.69, 9.17) is 13.6 Å². The first-order valence-electron chi connectivity index (χ1n) is 15.8. The molecule has 1 amide bonds. The third kappa shape index (κ3) is 8.89. The van der Waals surface area contributed by atoms with E-state index in [0.717, 1.165) is 49.8 Å². The van der Waals surface area contributed by atoms with Crippen molar-refractivity contribution in [2.75, 3.05) is 26.2 Å². The highest BCUT2D eigenvalue weighted by atomic mass is 28.4. The second-order valence-corrected chi connectivity index (χ2v) is 21.4. The van der Waals surface area contributed by atoms with E-state index in [9.17, 15) is 4.79 Å². The first-order chi connectivity index (χ1) is 18.8. The summed E-state index contributed by atoms with van der Waals surface area (Å²) in [5, 5.41) is 3.02. The standard InChI is InChI=1S/C31H56N2O4Si2/c1-7-38(8-2,9-3)36-28(24-32-30(34)35-26-27-16-14-13-15-17-27)18-22-33-23-21-31(19-20-31)29(25-33)37-39(10-4,11-5)12-6/h13-17,28-29H,7-12,18-26H2,1-6H3,(H,32,34)/t28-,29-/m1/s1. The molecule has 2 aliphatic rings. The van der Waals surface area contributed by atoms with Gasteiger partial charge in [-0.2, -0.15) is 0 Å². The molecule has 222 valence electrons. The van der Waals surface area contributed by atoms with E-state index in [-0.39, 0.29) is 18.8 Å². The van der Waals surface area contributed by atoms with Crippen LogP contribution in [0.4, 0.5) is 4.79 Å². The lowest BCUT2D eigenvalue weighted by Gasteiger charge is -2.44. The van der Waals surface area contributed by atoms with Crippen molar-refractivity contribution in [1.82, 2.24) is 10.2 Å². The average molecular weight is 577 g/mol. The number of rotatable bonds is 17. The average Bonchev–Trinajstić information content (AvgIpc) is 3.77. The summed E-state index contributed by atoms with van der Waals surface area (Å²) in [7, 11) is -3.45. The van der Waals surface area contributed by atoms with Crippen LogP contribution in [0.5, 0.6) is 0 Å². The highest BCUT2D eigenvalue weighted by molar-refractivity contribution is 6.74. The summed E-state index contributed by atoms with van der Waals surface area (Å²) >= 11 is 0. The minimum atomic E-state index is -1.81. The molecule has 1 aromatic carbocycles. The molecule has 2 fully saturated rings. The molecular weight excluding hydrogens is 521 g/mol. The summed E-state index contributed by atoms with van der Waals surface area (Å²) in [6.45, 7) is 17.8. The number of nitrogens with one attached hydrogen (secondary N) is 1. The van der Waals surface area contributed by atoms with Crippen LogP contribution in [-0.4, -0.2) is 66.0 Å². The molecule has 1 heterocycles. The Labute approximate surface area is 240 Å². The van der Waals surface area contributed by atoms with E-state index in [0.29, 0.717) is 18.1 Å². The number of piperidine rings is 1. The lowest BCUT2D eigenvalue weighted by atomic mass is 9.90. The van der Waals surface area contributed by atoms with Gasteiger partial charge in [-0.1, -0.05) is 71.9 Å². The van der Waals surface area contributed by atoms with Gasteiger partial charge in [-0.3, -0.25) is 0 Å². The van der Waals surface area contributed by atoms with E-state index in [1.807, 2.05) is 30.3 Å². The van der Waals surface area contributed by atoms with Crippen molar-refractivity contribution in [3.63, 3.8) is 0 Å². The van der Waals surface area contributed by atoms with E-state index in [1.165, 1.54) is 37.4 Å². The number of alkyl carbamates (subject to hydrolysis) is 1. The second kappa shape index (κ2) is 15.2. The van der Waals surface area contributed by atoms with Crippen LogP contribution in [0, 0.1) is 5.41 Å². The van der Waals surface area contributed by atoms with Gasteiger partial charge in [-0.25, -0.2) is 4.79 Å². The molecule has 39 heavy (non-hydrogen) atoms. The lowest BCUT2D eigenvalue weighted by Crippen LogP contribution is -2.52. The van der Waals surface area contributed by atoms with Crippen molar-refractivity contribution < 1.29 is 18.4 Å². The molecule has 1 spiro atoms. The maximum Gasteiger partial charge on any atom is 0.407 e. The summed E-state index contributed by atoms with van der Waals surface area (Å²) < 4.78 is 19.5. The zero-order valence-corrected chi connectivity index (χ0v) is 27.7. The minimum absolute atomic E-state index is 0.00682. The topological polar surface area (TPSA) is 60.0 Å². The monoisotopic (exact) mass is 576 g/mol. The number of amides is 1. The molecule has 8 heteroatoms. The highest BCUT2D eigenvalue weighted by Crippen LogP contribution is 2.55. The van der Waals surface area contributed by atoms with Crippen molar-refractivity contribution in [3.05, 3.63) is 35.9 Å². The van der Waals surface area contributed by atoms with Crippen LogP contribution >= 0.6 is 0 Å². The summed E-state index contributed by atoms with van der Waals surface area (Å²) in [6, 6.07) is 16.8. The van der Waals surface area contributed by atoms with Crippen LogP contribution in [0.25, 0.3) is 0 Å². The molecule has 0 bridgehead atoms. The van der Waals surface area contributed by atoms with Gasteiger partial charge in [0.15, 0.2) is 16.6 Å². The maximum atomic E-state index is 12.5. The maximum absolute atomic E-state index is 12.5. The van der Waals surface area contributed by atoms with E-state index in [1.54, 1.807) is 0 Å². The summed E-state index contributed by atoms with van der Waals surface area (Å²) in [5.74, 6) is 0. The molecular formula is C31H56N2O4Si2. The Balaban J connectivity index is 1.59. The Morgan fingerprint density at radius 1 is 0.949 bits per heavy atom. The van der Waals surface area contributed by atoms with Gasteiger partial charge in [0, 0.05) is 19.6 Å². The molecule has 1 N–H and O–H groups in total. The zero-order valence-electron chi connectivity index (χ0n) is 25.7. The summed E-state index contributed by atoms with van der Waals surface area (Å²) in [6.07, 6.45) is 4.88. The van der Waals surface area contributed by atoms with Gasteiger partial charge in [0.05, 0.1) is 12.2 Å². The third-order valence-corrected chi connectivity index (χ3v) is 19.4. The molecule has 0 radical (unpaired) electrons. The molecule has 6 nitrogen and oxygen atoms in total. The number of carbonyl (C=O) groups is 1. The molecule has 2 atom stereocenters. The largest absolute Gasteiger partial charge is 0.445 e. The Morgan fingerprint density at radius 3 is 2.13 bits per heavy atom. The molecule has 1 saturated carbocycles. The number of nitrogens with zero attached hydrogens (tertiary/aromatic N) is 1. The quantitative estimate of drug-likeness (QED) is 0.194. The van der Waals surface area contributed by atoms with Gasteiger partial charge in [0.25, 0.3) is 0 Å². The van der Waals surface area contributed by atoms with Crippen LogP contribution in [0.3, 0.4) is 0 Å². The van der Waals surface area contributed by atoms with Crippen molar-refractivity contribution in [3.8, 4) is 0 Å². The van der Waals surface area contributed by atoms with Crippen molar-refractivity contribution in [2.45, 2.75) is 122 Å². The van der Waals surface area contributed by atoms with Crippen LogP contribution in [0.2, 0.25) is 36.3 Å². The van der Waals surface area contributed by atoms with Crippen LogP contribution in [-0.2, 0) is 20.2 Å². The molecule has 1 aromatic rings. The van der Waals surface area contributed by atoms with Gasteiger partial charge < -0.3 is 23.8 Å². The van der Waals surface area contributed by atoms with Crippen LogP contribution < -0.4 is 5.32 Å². The Bertz CT molecular complexity index is 843. The van der Waals surface area contributed by atoms with Gasteiger partial charge in [0.2, 0.25) is 0 Å². The van der Waals surface area contributed by atoms with Crippen molar-refractivity contribution >= 4 is 22.7 Å². The smallest absolute Gasteiger partial charge is 0.407 e. The fraction of sp³-hybridized carbons (Fsp3) is 0.774. The van der Waals surface area contributed by atoms with E-state index < -0.39 is 16.6 Å². The summed E-state index contributed by atoms with van der Waals surface area (Å²) in [5.41, 5.74) is 1.44. The van der Waals surface area contributed by atoms with Crippen molar-refractivity contribution in [1.29, 1.82) is 0 Å². The first-order valence-corrected chi connectivity index (χ1v) is 20.9. The fourth-order valence-electron chi connectivity index (χ4n) is 6.31. The lowest BCUT2D eigenvalue weighted by molar-refractivity contribution is 0.0135. The Kier molecular flexibility index (Phi) is 12.6. The number of likely N-dealkylation sites (tertiary alicyclic amines) is 1. The SMILES string of the molecule is CC[Si](CC)(CC)O[C@H](CCN1CCC2(CC2)[C@H](O[Si](CC)(CC)CC)C1)CNC(=O)OCc1ccccc1. The predicted molar refractivity (Wildman–Crippen MR) is 166 cm³/mol. The number of benzene rings is 1. The number of carbonyl (C=O) groups excluding carboxylic acids is 1. The van der Waals surface area contributed by atoms with Gasteiger partial charge in [-0.15, -0.1) is 0 Å². The second-order valence-electron chi connectivity index (χ2n) is 12.0. The van der Waals surface area contributed by atoms with Gasteiger partial charge >= 0.3 is 6.09 Å². The third-order valence-electron chi connectivity index (χ3n) is 10.1. The van der Waals surface area contributed by atoms with E-state index in [2.05, 4.69) is 51.8 Å². The number of hydrogen-bond donors (Lipinski definition) is 1. The predicted octanol–water partition coefficient (Wildman–Crippen LogP) is 7.57. The van der Waals surface area contributed by atoms with Gasteiger partial charge in [-0.05, 0) is 79.5 Å². The highest BCUT2D eigenvalue weighted by Gasteiger charge is 2.54. The molecule has 1 aliphatic heterocycles. The minimum Gasteiger partial charge on any atom is -0.445 e. The van der Waals surface area contributed by atoms with Crippen LogP contribution in [0.15, 0.2) is 30.3 Å². The molecule has 1 aliphatic carbocycles. The van der Waals surface area contributed by atoms with Crippen LogP contribution in [0.1, 0.15) is 72.8 Å². The molecule has 1 saturated heterocycles. The Morgan fingerprint density at radius 2 is 1.56 bits per heavy atom. The summed E-state index contributed by atoms with van der Waals surface area (Å²) in [4.78, 5) is 15.2. The van der Waals surface area contributed by atoms with Gasteiger partial charge in [0.1, 0.15) is 6.61 Å². The Hall–Kier alpha value is -1.20. The van der Waals surface area contributed by atoms with E-state index >= 15 is 0 Å². The normalized spacial score (nSPS) is 20.1. The van der Waals surface area contributed by atoms with Crippen molar-refractivity contribution in [2.24, 2.45) is 5.41 Å². The first kappa shape index (κ1) is 32.3. The number of hydrogen-bond acceptors (Lipinski definition) is 5. The molecule has 0 aromatic heterocycles. The zero-order chi connectivity index (χ0) is 28.4.